The molecule has 7 heteroatoms. The molecule has 0 atom stereocenters. The number of hydrogen-bond donors (Lipinski definition) is 0. The van der Waals surface area contributed by atoms with Crippen LogP contribution in [0.1, 0.15) is 37.8 Å². The monoisotopic (exact) mass is 325 g/mol. The second-order valence-electron chi connectivity index (χ2n) is 4.73. The fourth-order valence-electron chi connectivity index (χ4n) is 1.51. The minimum atomic E-state index is -0.598. The van der Waals surface area contributed by atoms with E-state index in [0.29, 0.717) is 5.56 Å². The molecule has 7 nitrogen and oxygen atoms in total. The molecule has 128 valence electrons. The summed E-state index contributed by atoms with van der Waals surface area (Å²) in [5.74, 6) is -1.06. The Bertz CT molecular complexity index is 539. The fourth-order valence-corrected chi connectivity index (χ4v) is 1.51. The van der Waals surface area contributed by atoms with Crippen LogP contribution in [0.5, 0.6) is 0 Å². The quantitative estimate of drug-likeness (QED) is 0.453. The van der Waals surface area contributed by atoms with Crippen LogP contribution in [0.15, 0.2) is 18.2 Å². The highest BCUT2D eigenvalue weighted by Crippen LogP contribution is 2.21. The van der Waals surface area contributed by atoms with E-state index in [1.807, 2.05) is 0 Å². The Morgan fingerprint density at radius 3 is 2.00 bits per heavy atom. The van der Waals surface area contributed by atoms with Gasteiger partial charge in [0.15, 0.2) is 0 Å². The van der Waals surface area contributed by atoms with Crippen molar-refractivity contribution in [2.45, 2.75) is 39.5 Å². The highest BCUT2D eigenvalue weighted by atomic mass is 16.6. The molecule has 1 rings (SSSR count). The Hall–Kier alpha value is -2.44. The number of hydrogen-bond acceptors (Lipinski definition) is 6. The van der Waals surface area contributed by atoms with E-state index in [1.54, 1.807) is 6.07 Å². The van der Waals surface area contributed by atoms with E-state index in [0.717, 1.165) is 0 Å². The molecule has 0 radical (unpaired) electrons. The first-order valence-electron chi connectivity index (χ1n) is 7.29. The summed E-state index contributed by atoms with van der Waals surface area (Å²) in [7, 11) is 2.45. The fraction of sp³-hybridized carbons (Fsp3) is 0.500. The predicted octanol–water partition coefficient (Wildman–Crippen LogP) is 2.83. The molecule has 0 bridgehead atoms. The van der Waals surface area contributed by atoms with Crippen molar-refractivity contribution in [2.75, 3.05) is 14.2 Å². The Morgan fingerprint density at radius 1 is 1.04 bits per heavy atom. The van der Waals surface area contributed by atoms with Crippen LogP contribution in [0.2, 0.25) is 0 Å². The van der Waals surface area contributed by atoms with Crippen LogP contribution in [-0.2, 0) is 31.9 Å². The van der Waals surface area contributed by atoms with E-state index < -0.39 is 16.9 Å². The van der Waals surface area contributed by atoms with Crippen LogP contribution < -0.4 is 0 Å². The van der Waals surface area contributed by atoms with Gasteiger partial charge in [0.1, 0.15) is 0 Å². The van der Waals surface area contributed by atoms with Gasteiger partial charge in [-0.05, 0) is 5.56 Å². The summed E-state index contributed by atoms with van der Waals surface area (Å²) in [5.41, 5.74) is 0.476. The molecule has 1 aromatic carbocycles. The predicted molar refractivity (Wildman–Crippen MR) is 85.1 cm³/mol. The smallest absolute Gasteiger partial charge is 0.310 e. The highest BCUT2D eigenvalue weighted by Gasteiger charge is 2.18. The number of esters is 2. The Labute approximate surface area is 135 Å². The molecule has 0 aliphatic rings. The zero-order valence-corrected chi connectivity index (χ0v) is 14.0. The molecule has 0 spiro atoms. The first-order chi connectivity index (χ1) is 10.9. The van der Waals surface area contributed by atoms with E-state index in [-0.39, 0.29) is 24.1 Å². The SMILES string of the molecule is CCCC.COC(=O)Cc1ccc(CC(=O)OC)c([N+](=O)[O-])c1. The summed E-state index contributed by atoms with van der Waals surface area (Å²) in [6.07, 6.45) is 2.39. The van der Waals surface area contributed by atoms with Gasteiger partial charge in [0.2, 0.25) is 0 Å². The van der Waals surface area contributed by atoms with Crippen LogP contribution in [0.3, 0.4) is 0 Å². The number of carbonyl (C=O) groups is 2. The maximum atomic E-state index is 11.1. The number of rotatable bonds is 6. The molecular formula is C16H23NO6. The Balaban J connectivity index is 0.00000108. The lowest BCUT2D eigenvalue weighted by Crippen LogP contribution is -2.09. The molecule has 0 unspecified atom stereocenters. The van der Waals surface area contributed by atoms with Crippen LogP contribution in [0.4, 0.5) is 5.69 Å². The topological polar surface area (TPSA) is 95.7 Å². The van der Waals surface area contributed by atoms with E-state index in [4.69, 9.17) is 0 Å². The van der Waals surface area contributed by atoms with Gasteiger partial charge in [-0.2, -0.15) is 0 Å². The molecule has 23 heavy (non-hydrogen) atoms. The first kappa shape index (κ1) is 20.6. The minimum absolute atomic E-state index is 0.0597. The number of nitro benzene ring substituents is 1. The Kier molecular flexibility index (Phi) is 9.99. The molecule has 0 saturated carbocycles. The van der Waals surface area contributed by atoms with Crippen molar-refractivity contribution in [1.29, 1.82) is 0 Å². The average Bonchev–Trinajstić information content (AvgIpc) is 2.55. The molecule has 0 N–H and O–H groups in total. The molecule has 0 aliphatic heterocycles. The average molecular weight is 325 g/mol. The third-order valence-corrected chi connectivity index (χ3v) is 2.98. The van der Waals surface area contributed by atoms with Crippen LogP contribution >= 0.6 is 0 Å². The zero-order chi connectivity index (χ0) is 17.8. The van der Waals surface area contributed by atoms with Crippen molar-refractivity contribution >= 4 is 17.6 Å². The van der Waals surface area contributed by atoms with E-state index in [2.05, 4.69) is 23.3 Å². The Morgan fingerprint density at radius 2 is 1.57 bits per heavy atom. The molecule has 0 aromatic heterocycles. The van der Waals surface area contributed by atoms with Crippen LogP contribution in [0, 0.1) is 10.1 Å². The summed E-state index contributed by atoms with van der Waals surface area (Å²) in [6, 6.07) is 4.24. The van der Waals surface area contributed by atoms with Gasteiger partial charge in [-0.1, -0.05) is 38.8 Å². The number of carbonyl (C=O) groups excluding carboxylic acids is 2. The van der Waals surface area contributed by atoms with Gasteiger partial charge in [0, 0.05) is 11.6 Å². The molecule has 0 aliphatic carbocycles. The van der Waals surface area contributed by atoms with Gasteiger partial charge in [-0.15, -0.1) is 0 Å². The third-order valence-electron chi connectivity index (χ3n) is 2.98. The van der Waals surface area contributed by atoms with Gasteiger partial charge in [0.05, 0.1) is 32.0 Å². The van der Waals surface area contributed by atoms with Crippen molar-refractivity contribution < 1.29 is 24.0 Å². The zero-order valence-electron chi connectivity index (χ0n) is 14.0. The lowest BCUT2D eigenvalue weighted by atomic mass is 10.0. The first-order valence-corrected chi connectivity index (χ1v) is 7.29. The number of ether oxygens (including phenoxy) is 2. The van der Waals surface area contributed by atoms with Crippen molar-refractivity contribution in [3.63, 3.8) is 0 Å². The normalized spacial score (nSPS) is 9.39. The summed E-state index contributed by atoms with van der Waals surface area (Å²) < 4.78 is 8.95. The van der Waals surface area contributed by atoms with Crippen molar-refractivity contribution in [2.24, 2.45) is 0 Å². The number of unbranched alkanes of at least 4 members (excludes halogenated alkanes) is 1. The summed E-state index contributed by atoms with van der Waals surface area (Å²) in [4.78, 5) is 32.6. The molecule has 0 amide bonds. The van der Waals surface area contributed by atoms with Gasteiger partial charge in [-0.3, -0.25) is 19.7 Å². The lowest BCUT2D eigenvalue weighted by Gasteiger charge is -2.05. The maximum absolute atomic E-state index is 11.1. The molecule has 0 fully saturated rings. The number of methoxy groups -OCH3 is 2. The van der Waals surface area contributed by atoms with Gasteiger partial charge in [0.25, 0.3) is 5.69 Å². The van der Waals surface area contributed by atoms with Crippen molar-refractivity contribution in [1.82, 2.24) is 0 Å². The second kappa shape index (κ2) is 11.2. The lowest BCUT2D eigenvalue weighted by molar-refractivity contribution is -0.385. The summed E-state index contributed by atoms with van der Waals surface area (Å²) in [5, 5.41) is 10.9. The van der Waals surface area contributed by atoms with Crippen LogP contribution in [-0.4, -0.2) is 31.1 Å². The standard InChI is InChI=1S/C12H13NO6.C4H10/c1-18-11(14)6-8-3-4-9(7-12(15)19-2)10(5-8)13(16)17;1-3-4-2/h3-5H,6-7H2,1-2H3;3-4H2,1-2H3. The van der Waals surface area contributed by atoms with E-state index >= 15 is 0 Å². The second-order valence-corrected chi connectivity index (χ2v) is 4.73. The van der Waals surface area contributed by atoms with Crippen molar-refractivity contribution in [3.05, 3.63) is 39.4 Å². The number of nitrogens with zero attached hydrogens (tertiary/aromatic N) is 1. The van der Waals surface area contributed by atoms with E-state index in [1.165, 1.54) is 39.2 Å². The van der Waals surface area contributed by atoms with Gasteiger partial charge >= 0.3 is 11.9 Å². The summed E-state index contributed by atoms with van der Waals surface area (Å²) >= 11 is 0. The molecule has 0 heterocycles. The molecule has 0 saturated heterocycles. The summed E-state index contributed by atoms with van der Waals surface area (Å²) in [6.45, 7) is 4.36. The van der Waals surface area contributed by atoms with Crippen LogP contribution in [0.25, 0.3) is 0 Å². The molecular weight excluding hydrogens is 302 g/mol. The third kappa shape index (κ3) is 7.94. The highest BCUT2D eigenvalue weighted by molar-refractivity contribution is 5.75. The molecule has 1 aromatic rings. The minimum Gasteiger partial charge on any atom is -0.469 e. The number of benzene rings is 1. The number of nitro groups is 1. The van der Waals surface area contributed by atoms with Gasteiger partial charge in [-0.25, -0.2) is 0 Å². The largest absolute Gasteiger partial charge is 0.469 e. The van der Waals surface area contributed by atoms with E-state index in [9.17, 15) is 19.7 Å². The maximum Gasteiger partial charge on any atom is 0.310 e. The van der Waals surface area contributed by atoms with Crippen molar-refractivity contribution in [3.8, 4) is 0 Å². The van der Waals surface area contributed by atoms with Gasteiger partial charge < -0.3 is 9.47 Å².